The Hall–Kier alpha value is -1.77. The van der Waals surface area contributed by atoms with E-state index in [0.29, 0.717) is 6.42 Å². The van der Waals surface area contributed by atoms with Crippen LogP contribution < -0.4 is 5.32 Å². The van der Waals surface area contributed by atoms with E-state index in [0.717, 1.165) is 49.2 Å². The molecule has 8 heteroatoms. The van der Waals surface area contributed by atoms with Gasteiger partial charge in [-0.25, -0.2) is 0 Å². The van der Waals surface area contributed by atoms with E-state index in [-0.39, 0.29) is 29.1 Å². The molecule has 0 radical (unpaired) electrons. The minimum absolute atomic E-state index is 0.0457. The molecule has 1 aromatic rings. The number of likely N-dealkylation sites (tertiary alicyclic amines) is 1. The number of hydrogen-bond donors (Lipinski definition) is 2. The Bertz CT molecular complexity index is 1060. The lowest BCUT2D eigenvalue weighted by Gasteiger charge is -2.34. The molecule has 202 valence electrons. The van der Waals surface area contributed by atoms with Crippen LogP contribution in [0, 0.1) is 30.6 Å². The van der Waals surface area contributed by atoms with Gasteiger partial charge in [0.15, 0.2) is 5.78 Å². The maximum absolute atomic E-state index is 12.7. The number of anilines is 1. The van der Waals surface area contributed by atoms with Crippen molar-refractivity contribution >= 4 is 27.5 Å². The van der Waals surface area contributed by atoms with Crippen LogP contribution >= 0.6 is 0 Å². The molecule has 2 bridgehead atoms. The Morgan fingerprint density at radius 2 is 1.78 bits per heavy atom. The van der Waals surface area contributed by atoms with Crippen LogP contribution in [0.1, 0.15) is 83.8 Å². The fourth-order valence-corrected chi connectivity index (χ4v) is 7.90. The van der Waals surface area contributed by atoms with E-state index in [1.54, 1.807) is 0 Å². The van der Waals surface area contributed by atoms with Crippen molar-refractivity contribution in [2.75, 3.05) is 18.4 Å². The fraction of sp³-hybridized carbons (Fsp3) is 0.714. The lowest BCUT2D eigenvalue weighted by molar-refractivity contribution is -0.128. The average Bonchev–Trinajstić information content (AvgIpc) is 3.12. The van der Waals surface area contributed by atoms with Crippen molar-refractivity contribution in [2.45, 2.75) is 97.8 Å². The summed E-state index contributed by atoms with van der Waals surface area (Å²) in [7, 11) is -4.24. The summed E-state index contributed by atoms with van der Waals surface area (Å²) in [5.41, 5.74) is 2.35. The minimum atomic E-state index is -4.24. The van der Waals surface area contributed by atoms with Crippen molar-refractivity contribution in [2.24, 2.45) is 16.7 Å². The van der Waals surface area contributed by atoms with Crippen molar-refractivity contribution in [1.29, 1.82) is 0 Å². The summed E-state index contributed by atoms with van der Waals surface area (Å²) < 4.78 is 31.5. The number of carbonyl (C=O) groups is 2. The van der Waals surface area contributed by atoms with E-state index in [1.165, 1.54) is 19.3 Å². The summed E-state index contributed by atoms with van der Waals surface area (Å²) in [6, 6.07) is 6.19. The third-order valence-corrected chi connectivity index (χ3v) is 10.4. The molecule has 2 saturated carbocycles. The first-order chi connectivity index (χ1) is 16.8. The van der Waals surface area contributed by atoms with Gasteiger partial charge >= 0.3 is 0 Å². The number of unbranched alkanes of at least 4 members (excludes halogenated alkanes) is 1. The first-order valence-corrected chi connectivity index (χ1v) is 14.9. The highest BCUT2D eigenvalue weighted by molar-refractivity contribution is 7.87. The van der Waals surface area contributed by atoms with Crippen molar-refractivity contribution in [1.82, 2.24) is 4.90 Å². The van der Waals surface area contributed by atoms with E-state index in [2.05, 4.69) is 43.1 Å². The maximum Gasteiger partial charge on any atom is 0.275 e. The Morgan fingerprint density at radius 1 is 1.14 bits per heavy atom. The summed E-state index contributed by atoms with van der Waals surface area (Å²) >= 11 is 0. The maximum atomic E-state index is 12.7. The number of hydrogen-bond acceptors (Lipinski definition) is 5. The summed E-state index contributed by atoms with van der Waals surface area (Å²) in [5, 5.41) is 1.99. The summed E-state index contributed by atoms with van der Waals surface area (Å²) in [6.45, 7) is 14.1. The molecule has 4 unspecified atom stereocenters. The molecule has 4 atom stereocenters. The molecular weight excluding hydrogens is 476 g/mol. The smallest absolute Gasteiger partial charge is 0.275 e. The van der Waals surface area contributed by atoms with Gasteiger partial charge in [-0.1, -0.05) is 58.7 Å². The number of nitrogens with zero attached hydrogens (tertiary/aromatic N) is 1. The predicted octanol–water partition coefficient (Wildman–Crippen LogP) is 5.16. The SMILES string of the molecule is CC12CCC(C(S(=O)(=O)O)C1=O)C2(C)C.CCCCN1CCCCC1C(=O)Nc1c(C)cccc1C. The van der Waals surface area contributed by atoms with Gasteiger partial charge in [-0.3, -0.25) is 19.0 Å². The number of Topliss-reactive ketones (excluding diaryl/α,β-unsaturated/α-hetero) is 1. The molecule has 4 rings (SSSR count). The third kappa shape index (κ3) is 5.41. The molecule has 1 aliphatic heterocycles. The average molecular weight is 521 g/mol. The van der Waals surface area contributed by atoms with Crippen LogP contribution in [-0.4, -0.2) is 53.9 Å². The number of piperidine rings is 1. The van der Waals surface area contributed by atoms with E-state index < -0.39 is 20.8 Å². The molecule has 2 aliphatic carbocycles. The number of para-hydroxylation sites is 1. The van der Waals surface area contributed by atoms with Crippen LogP contribution in [0.5, 0.6) is 0 Å². The zero-order valence-corrected chi connectivity index (χ0v) is 23.6. The number of amides is 1. The van der Waals surface area contributed by atoms with E-state index in [9.17, 15) is 18.0 Å². The molecule has 36 heavy (non-hydrogen) atoms. The van der Waals surface area contributed by atoms with Gasteiger partial charge in [0.25, 0.3) is 10.1 Å². The van der Waals surface area contributed by atoms with Gasteiger partial charge < -0.3 is 5.32 Å². The van der Waals surface area contributed by atoms with Crippen LogP contribution in [0.2, 0.25) is 0 Å². The van der Waals surface area contributed by atoms with Crippen molar-refractivity contribution < 1.29 is 22.6 Å². The largest absolute Gasteiger partial charge is 0.324 e. The minimum Gasteiger partial charge on any atom is -0.324 e. The number of fused-ring (bicyclic) bond motifs is 2. The number of nitrogens with one attached hydrogen (secondary N) is 1. The van der Waals surface area contributed by atoms with Gasteiger partial charge in [0.05, 0.1) is 6.04 Å². The quantitative estimate of drug-likeness (QED) is 0.502. The van der Waals surface area contributed by atoms with Gasteiger partial charge in [0, 0.05) is 11.1 Å². The van der Waals surface area contributed by atoms with Crippen molar-refractivity contribution in [3.05, 3.63) is 29.3 Å². The Morgan fingerprint density at radius 3 is 2.28 bits per heavy atom. The summed E-state index contributed by atoms with van der Waals surface area (Å²) in [5.74, 6) is -0.362. The third-order valence-electron chi connectivity index (χ3n) is 9.24. The molecule has 0 aromatic heterocycles. The monoisotopic (exact) mass is 520 g/mol. The lowest BCUT2D eigenvalue weighted by Crippen LogP contribution is -2.47. The molecule has 7 nitrogen and oxygen atoms in total. The fourth-order valence-electron chi connectivity index (χ4n) is 6.48. The molecule has 0 spiro atoms. The molecule has 1 saturated heterocycles. The normalized spacial score (nSPS) is 29.5. The van der Waals surface area contributed by atoms with Crippen LogP contribution in [0.15, 0.2) is 18.2 Å². The highest BCUT2D eigenvalue weighted by atomic mass is 32.2. The number of benzene rings is 1. The summed E-state index contributed by atoms with van der Waals surface area (Å²) in [4.78, 5) is 27.1. The van der Waals surface area contributed by atoms with Crippen molar-refractivity contribution in [3.63, 3.8) is 0 Å². The Kier molecular flexibility index (Phi) is 8.73. The molecular formula is C28H44N2O5S. The topological polar surface area (TPSA) is 104 Å². The Balaban J connectivity index is 0.000000212. The van der Waals surface area contributed by atoms with Crippen molar-refractivity contribution in [3.8, 4) is 0 Å². The van der Waals surface area contributed by atoms with Gasteiger partial charge in [-0.15, -0.1) is 0 Å². The zero-order valence-electron chi connectivity index (χ0n) is 22.8. The molecule has 1 aromatic carbocycles. The Labute approximate surface area is 217 Å². The first kappa shape index (κ1) is 28.8. The predicted molar refractivity (Wildman–Crippen MR) is 144 cm³/mol. The van der Waals surface area contributed by atoms with Gasteiger partial charge in [0.1, 0.15) is 5.25 Å². The molecule has 1 heterocycles. The second-order valence-corrected chi connectivity index (χ2v) is 13.2. The molecule has 2 N–H and O–H groups in total. The number of aryl methyl sites for hydroxylation is 2. The van der Waals surface area contributed by atoms with Gasteiger partial charge in [0.2, 0.25) is 5.91 Å². The van der Waals surface area contributed by atoms with Crippen LogP contribution in [0.3, 0.4) is 0 Å². The molecule has 3 fully saturated rings. The highest BCUT2D eigenvalue weighted by Crippen LogP contribution is 2.64. The van der Waals surface area contributed by atoms with Crippen LogP contribution in [0.25, 0.3) is 0 Å². The highest BCUT2D eigenvalue weighted by Gasteiger charge is 2.69. The van der Waals surface area contributed by atoms with Gasteiger partial charge in [-0.05, 0) is 81.5 Å². The number of carbonyl (C=O) groups excluding carboxylic acids is 2. The zero-order chi connectivity index (χ0) is 26.9. The van der Waals surface area contributed by atoms with Gasteiger partial charge in [-0.2, -0.15) is 8.42 Å². The standard InChI is InChI=1S/C18H28N2O.C10H16O4S/c1-4-5-12-20-13-7-6-11-16(20)18(21)19-17-14(2)9-8-10-15(17)3;1-9(2)6-4-5-10(9,3)8(11)7(6)15(12,13)14/h8-10,16H,4-7,11-13H2,1-3H3,(H,19,21);6-7H,4-5H2,1-3H3,(H,12,13,14). The van der Waals surface area contributed by atoms with E-state index in [4.69, 9.17) is 4.55 Å². The van der Waals surface area contributed by atoms with Crippen LogP contribution in [0.4, 0.5) is 5.69 Å². The first-order valence-electron chi connectivity index (χ1n) is 13.4. The lowest BCUT2D eigenvalue weighted by atomic mass is 9.70. The summed E-state index contributed by atoms with van der Waals surface area (Å²) in [6.07, 6.45) is 7.16. The molecule has 3 aliphatic rings. The second-order valence-electron chi connectivity index (χ2n) is 11.7. The number of ketones is 1. The number of rotatable bonds is 6. The van der Waals surface area contributed by atoms with E-state index >= 15 is 0 Å². The van der Waals surface area contributed by atoms with Crippen LogP contribution in [-0.2, 0) is 19.7 Å². The van der Waals surface area contributed by atoms with E-state index in [1.807, 2.05) is 26.8 Å². The molecule has 1 amide bonds. The second kappa shape index (κ2) is 10.9.